The van der Waals surface area contributed by atoms with E-state index in [4.69, 9.17) is 18.0 Å². The van der Waals surface area contributed by atoms with Gasteiger partial charge in [-0.25, -0.2) is 0 Å². The molecule has 0 radical (unpaired) electrons. The molecular formula is C12H20N4S2. The number of anilines is 1. The first-order valence-electron chi connectivity index (χ1n) is 5.83. The van der Waals surface area contributed by atoms with Gasteiger partial charge < -0.3 is 11.1 Å². The summed E-state index contributed by atoms with van der Waals surface area (Å²) in [6.07, 6.45) is 2.10. The predicted molar refractivity (Wildman–Crippen MR) is 83.4 cm³/mol. The van der Waals surface area contributed by atoms with Crippen LogP contribution >= 0.6 is 24.0 Å². The molecule has 0 amide bonds. The number of nitrogens with one attached hydrogen (secondary N) is 1. The van der Waals surface area contributed by atoms with E-state index in [-0.39, 0.29) is 0 Å². The standard InChI is InChI=1S/C12H20N4S2/c1-7(6-18-4)5-14-12-10(11(13)17)8(2)9(3)15-16-12/h7H,5-6H2,1-4H3,(H2,13,17)(H,14,16). The molecule has 0 aliphatic carbocycles. The van der Waals surface area contributed by atoms with Gasteiger partial charge in [0.25, 0.3) is 0 Å². The zero-order valence-electron chi connectivity index (χ0n) is 11.3. The number of hydrogen-bond acceptors (Lipinski definition) is 5. The number of aryl methyl sites for hydroxylation is 1. The van der Waals surface area contributed by atoms with E-state index < -0.39 is 0 Å². The monoisotopic (exact) mass is 284 g/mol. The minimum absolute atomic E-state index is 0.366. The summed E-state index contributed by atoms with van der Waals surface area (Å²) in [7, 11) is 0. The van der Waals surface area contributed by atoms with Gasteiger partial charge >= 0.3 is 0 Å². The number of thioether (sulfide) groups is 1. The highest BCUT2D eigenvalue weighted by Crippen LogP contribution is 2.18. The summed E-state index contributed by atoms with van der Waals surface area (Å²) < 4.78 is 0. The molecule has 1 unspecified atom stereocenters. The van der Waals surface area contributed by atoms with Crippen molar-refractivity contribution in [3.8, 4) is 0 Å². The van der Waals surface area contributed by atoms with Gasteiger partial charge in [-0.1, -0.05) is 19.1 Å². The second kappa shape index (κ2) is 6.89. The summed E-state index contributed by atoms with van der Waals surface area (Å²) in [5, 5.41) is 11.6. The Balaban J connectivity index is 2.89. The average Bonchev–Trinajstić information content (AvgIpc) is 2.30. The first kappa shape index (κ1) is 15.2. The van der Waals surface area contributed by atoms with E-state index in [1.165, 1.54) is 0 Å². The van der Waals surface area contributed by atoms with Crippen LogP contribution in [0.5, 0.6) is 0 Å². The van der Waals surface area contributed by atoms with Crippen LogP contribution in [0.2, 0.25) is 0 Å². The lowest BCUT2D eigenvalue weighted by molar-refractivity contribution is 0.697. The lowest BCUT2D eigenvalue weighted by Crippen LogP contribution is -2.21. The van der Waals surface area contributed by atoms with Crippen LogP contribution in [0.4, 0.5) is 5.82 Å². The highest BCUT2D eigenvalue weighted by atomic mass is 32.2. The third-order valence-corrected chi connectivity index (χ3v) is 3.88. The Morgan fingerprint density at radius 1 is 1.44 bits per heavy atom. The highest BCUT2D eigenvalue weighted by molar-refractivity contribution is 7.98. The van der Waals surface area contributed by atoms with E-state index in [0.29, 0.717) is 16.7 Å². The van der Waals surface area contributed by atoms with Crippen LogP contribution in [0.3, 0.4) is 0 Å². The molecule has 0 fully saturated rings. The Hall–Kier alpha value is -0.880. The zero-order chi connectivity index (χ0) is 13.7. The van der Waals surface area contributed by atoms with Crippen molar-refractivity contribution in [2.45, 2.75) is 20.8 Å². The van der Waals surface area contributed by atoms with Crippen molar-refractivity contribution < 1.29 is 0 Å². The van der Waals surface area contributed by atoms with Gasteiger partial charge in [0.05, 0.1) is 11.3 Å². The Morgan fingerprint density at radius 3 is 2.67 bits per heavy atom. The number of nitrogens with zero attached hydrogens (tertiary/aromatic N) is 2. The molecule has 100 valence electrons. The first-order valence-corrected chi connectivity index (χ1v) is 7.64. The largest absolute Gasteiger partial charge is 0.389 e. The normalized spacial score (nSPS) is 12.2. The molecule has 3 N–H and O–H groups in total. The fourth-order valence-electron chi connectivity index (χ4n) is 1.65. The molecule has 0 aromatic carbocycles. The minimum atomic E-state index is 0.366. The van der Waals surface area contributed by atoms with Crippen LogP contribution in [0.15, 0.2) is 0 Å². The van der Waals surface area contributed by atoms with Gasteiger partial charge in [0, 0.05) is 6.54 Å². The molecule has 0 aliphatic heterocycles. The second-order valence-corrected chi connectivity index (χ2v) is 5.79. The molecule has 0 aliphatic rings. The van der Waals surface area contributed by atoms with Crippen LogP contribution in [0, 0.1) is 19.8 Å². The number of nitrogens with two attached hydrogens (primary N) is 1. The number of thiocarbonyl (C=S) groups is 1. The third kappa shape index (κ3) is 3.81. The molecule has 1 aromatic rings. The Morgan fingerprint density at radius 2 is 2.11 bits per heavy atom. The molecule has 0 saturated carbocycles. The van der Waals surface area contributed by atoms with Crippen molar-refractivity contribution >= 4 is 34.8 Å². The number of hydrogen-bond donors (Lipinski definition) is 2. The van der Waals surface area contributed by atoms with Crippen molar-refractivity contribution in [2.24, 2.45) is 11.7 Å². The maximum atomic E-state index is 5.77. The van der Waals surface area contributed by atoms with Gasteiger partial charge in [-0.2, -0.15) is 16.9 Å². The van der Waals surface area contributed by atoms with Crippen molar-refractivity contribution in [1.82, 2.24) is 10.2 Å². The lowest BCUT2D eigenvalue weighted by Gasteiger charge is -2.15. The van der Waals surface area contributed by atoms with E-state index in [1.807, 2.05) is 25.6 Å². The van der Waals surface area contributed by atoms with Crippen molar-refractivity contribution in [3.63, 3.8) is 0 Å². The number of aromatic nitrogens is 2. The lowest BCUT2D eigenvalue weighted by atomic mass is 10.1. The minimum Gasteiger partial charge on any atom is -0.389 e. The highest BCUT2D eigenvalue weighted by Gasteiger charge is 2.14. The molecule has 1 heterocycles. The van der Waals surface area contributed by atoms with E-state index in [1.54, 1.807) is 0 Å². The predicted octanol–water partition coefficient (Wildman–Crippen LogP) is 2.14. The fraction of sp³-hybridized carbons (Fsp3) is 0.583. The molecule has 0 bridgehead atoms. The van der Waals surface area contributed by atoms with Gasteiger partial charge in [0.1, 0.15) is 4.99 Å². The summed E-state index contributed by atoms with van der Waals surface area (Å²) in [5.41, 5.74) is 8.44. The van der Waals surface area contributed by atoms with Crippen molar-refractivity contribution in [3.05, 3.63) is 16.8 Å². The van der Waals surface area contributed by atoms with E-state index >= 15 is 0 Å². The average molecular weight is 284 g/mol. The Labute approximate surface area is 118 Å². The van der Waals surface area contributed by atoms with E-state index in [9.17, 15) is 0 Å². The van der Waals surface area contributed by atoms with Gasteiger partial charge in [0.2, 0.25) is 0 Å². The van der Waals surface area contributed by atoms with Crippen LogP contribution in [0.1, 0.15) is 23.7 Å². The Bertz CT molecular complexity index is 434. The first-order chi connectivity index (χ1) is 8.47. The van der Waals surface area contributed by atoms with Gasteiger partial charge in [-0.3, -0.25) is 0 Å². The van der Waals surface area contributed by atoms with Crippen LogP contribution < -0.4 is 11.1 Å². The van der Waals surface area contributed by atoms with E-state index in [0.717, 1.165) is 29.1 Å². The second-order valence-electron chi connectivity index (χ2n) is 4.44. The zero-order valence-corrected chi connectivity index (χ0v) is 12.9. The molecule has 1 rings (SSSR count). The molecule has 0 saturated heterocycles. The summed E-state index contributed by atoms with van der Waals surface area (Å²) in [4.78, 5) is 0.366. The van der Waals surface area contributed by atoms with E-state index in [2.05, 4.69) is 28.7 Å². The summed E-state index contributed by atoms with van der Waals surface area (Å²) in [6.45, 7) is 6.91. The maximum Gasteiger partial charge on any atom is 0.159 e. The molecule has 1 atom stereocenters. The summed E-state index contributed by atoms with van der Waals surface area (Å²) >= 11 is 6.93. The van der Waals surface area contributed by atoms with Gasteiger partial charge in [-0.05, 0) is 37.3 Å². The fourth-order valence-corrected chi connectivity index (χ4v) is 2.58. The van der Waals surface area contributed by atoms with Gasteiger partial charge in [-0.15, -0.1) is 5.10 Å². The smallest absolute Gasteiger partial charge is 0.159 e. The quantitative estimate of drug-likeness (QED) is 0.780. The topological polar surface area (TPSA) is 63.8 Å². The summed E-state index contributed by atoms with van der Waals surface area (Å²) in [6, 6.07) is 0. The van der Waals surface area contributed by atoms with Crippen LogP contribution in [-0.2, 0) is 0 Å². The third-order valence-electron chi connectivity index (χ3n) is 2.77. The summed E-state index contributed by atoms with van der Waals surface area (Å²) in [5.74, 6) is 2.36. The Kier molecular flexibility index (Phi) is 5.81. The van der Waals surface area contributed by atoms with Crippen LogP contribution in [0.25, 0.3) is 0 Å². The van der Waals surface area contributed by atoms with Crippen LogP contribution in [-0.4, -0.2) is 33.7 Å². The molecular weight excluding hydrogens is 264 g/mol. The molecule has 18 heavy (non-hydrogen) atoms. The van der Waals surface area contributed by atoms with Crippen molar-refractivity contribution in [2.75, 3.05) is 23.9 Å². The SMILES string of the molecule is CSCC(C)CNc1nnc(C)c(C)c1C(N)=S. The van der Waals surface area contributed by atoms with Gasteiger partial charge in [0.15, 0.2) is 5.82 Å². The molecule has 6 heteroatoms. The van der Waals surface area contributed by atoms with Crippen molar-refractivity contribution in [1.29, 1.82) is 0 Å². The molecule has 1 aromatic heterocycles. The molecule has 4 nitrogen and oxygen atoms in total. The maximum absolute atomic E-state index is 5.77. The number of rotatable bonds is 6. The molecule has 0 spiro atoms.